The van der Waals surface area contributed by atoms with Gasteiger partial charge in [0.1, 0.15) is 0 Å². The van der Waals surface area contributed by atoms with Crippen LogP contribution in [0.4, 0.5) is 0 Å². The lowest BCUT2D eigenvalue weighted by atomic mass is 9.82. The van der Waals surface area contributed by atoms with Crippen LogP contribution < -0.4 is 5.32 Å². The zero-order valence-corrected chi connectivity index (χ0v) is 15.7. The molecule has 0 aromatic heterocycles. The number of hydrogen-bond donors (Lipinski definition) is 1. The maximum Gasteiger partial charge on any atom is 0.251 e. The first-order valence-electron chi connectivity index (χ1n) is 8.23. The summed E-state index contributed by atoms with van der Waals surface area (Å²) < 4.78 is 6.56. The van der Waals surface area contributed by atoms with Crippen molar-refractivity contribution in [1.29, 1.82) is 0 Å². The molecule has 0 spiro atoms. The Balaban J connectivity index is 1.93. The molecule has 2 aromatic carbocycles. The molecule has 1 amide bonds. The maximum absolute atomic E-state index is 12.9. The van der Waals surface area contributed by atoms with E-state index in [1.807, 2.05) is 38.1 Å². The van der Waals surface area contributed by atoms with Gasteiger partial charge in [-0.2, -0.15) is 0 Å². The van der Waals surface area contributed by atoms with Gasteiger partial charge in [-0.25, -0.2) is 0 Å². The minimum Gasteiger partial charge on any atom is -0.381 e. The van der Waals surface area contributed by atoms with Crippen LogP contribution in [0.25, 0.3) is 0 Å². The molecule has 126 valence electrons. The molecule has 1 saturated heterocycles. The number of hydrogen-bond acceptors (Lipinski definition) is 2. The Bertz CT molecular complexity index is 731. The third-order valence-electron chi connectivity index (χ3n) is 4.56. The number of benzene rings is 2. The van der Waals surface area contributed by atoms with Crippen LogP contribution in [0.5, 0.6) is 0 Å². The van der Waals surface area contributed by atoms with E-state index in [-0.39, 0.29) is 11.4 Å². The predicted molar refractivity (Wildman–Crippen MR) is 99.3 cm³/mol. The molecule has 0 radical (unpaired) electrons. The number of nitrogens with one attached hydrogen (secondary N) is 1. The third kappa shape index (κ3) is 3.70. The standard InChI is InChI=1S/C20H22BrNO2/c1-14-10-15(2)12-16(11-14)19(23)22-20(6-8-24-9-7-20)17-4-3-5-18(21)13-17/h3-5,10-13H,6-9H2,1-2H3,(H,22,23). The van der Waals surface area contributed by atoms with Crippen LogP contribution in [0.3, 0.4) is 0 Å². The van der Waals surface area contributed by atoms with Crippen molar-refractivity contribution >= 4 is 21.8 Å². The Morgan fingerprint density at radius 2 is 1.75 bits per heavy atom. The Morgan fingerprint density at radius 3 is 2.38 bits per heavy atom. The van der Waals surface area contributed by atoms with Crippen molar-refractivity contribution in [3.8, 4) is 0 Å². The second-order valence-electron chi connectivity index (χ2n) is 6.54. The van der Waals surface area contributed by atoms with Gasteiger partial charge in [0.15, 0.2) is 0 Å². The van der Waals surface area contributed by atoms with Gasteiger partial charge >= 0.3 is 0 Å². The predicted octanol–water partition coefficient (Wildman–Crippen LogP) is 4.50. The molecule has 2 aromatic rings. The quantitative estimate of drug-likeness (QED) is 0.841. The van der Waals surface area contributed by atoms with Crippen molar-refractivity contribution in [3.63, 3.8) is 0 Å². The number of aryl methyl sites for hydroxylation is 2. The van der Waals surface area contributed by atoms with Crippen molar-refractivity contribution in [1.82, 2.24) is 5.32 Å². The Hall–Kier alpha value is -1.65. The molecule has 0 atom stereocenters. The molecule has 0 bridgehead atoms. The van der Waals surface area contributed by atoms with Gasteiger partial charge < -0.3 is 10.1 Å². The van der Waals surface area contributed by atoms with Gasteiger partial charge in [-0.3, -0.25) is 4.79 Å². The molecule has 0 unspecified atom stereocenters. The van der Waals surface area contributed by atoms with E-state index in [9.17, 15) is 4.79 Å². The van der Waals surface area contributed by atoms with E-state index in [2.05, 4.69) is 39.4 Å². The molecular formula is C20H22BrNO2. The third-order valence-corrected chi connectivity index (χ3v) is 5.05. The van der Waals surface area contributed by atoms with Gasteiger partial charge in [0, 0.05) is 23.2 Å². The van der Waals surface area contributed by atoms with E-state index in [4.69, 9.17) is 4.74 Å². The van der Waals surface area contributed by atoms with Crippen LogP contribution in [-0.4, -0.2) is 19.1 Å². The van der Waals surface area contributed by atoms with Crippen LogP contribution >= 0.6 is 15.9 Å². The molecule has 1 aliphatic heterocycles. The maximum atomic E-state index is 12.9. The summed E-state index contributed by atoms with van der Waals surface area (Å²) >= 11 is 3.54. The topological polar surface area (TPSA) is 38.3 Å². The minimum atomic E-state index is -0.378. The Kier molecular flexibility index (Phi) is 5.07. The highest BCUT2D eigenvalue weighted by molar-refractivity contribution is 9.10. The number of carbonyl (C=O) groups excluding carboxylic acids is 1. The highest BCUT2D eigenvalue weighted by Gasteiger charge is 2.36. The van der Waals surface area contributed by atoms with E-state index in [1.54, 1.807) is 0 Å². The molecule has 4 heteroatoms. The van der Waals surface area contributed by atoms with E-state index in [0.29, 0.717) is 18.8 Å². The number of ether oxygens (including phenoxy) is 1. The number of rotatable bonds is 3. The van der Waals surface area contributed by atoms with Crippen LogP contribution in [-0.2, 0) is 10.3 Å². The summed E-state index contributed by atoms with van der Waals surface area (Å²) in [5, 5.41) is 3.31. The lowest BCUT2D eigenvalue weighted by Gasteiger charge is -2.38. The molecule has 0 aliphatic carbocycles. The van der Waals surface area contributed by atoms with Crippen molar-refractivity contribution in [2.75, 3.05) is 13.2 Å². The average Bonchev–Trinajstić information content (AvgIpc) is 2.55. The highest BCUT2D eigenvalue weighted by Crippen LogP contribution is 2.34. The highest BCUT2D eigenvalue weighted by atomic mass is 79.9. The molecule has 3 nitrogen and oxygen atoms in total. The summed E-state index contributed by atoms with van der Waals surface area (Å²) in [6.07, 6.45) is 1.56. The van der Waals surface area contributed by atoms with Gasteiger partial charge in [0.25, 0.3) is 5.91 Å². The van der Waals surface area contributed by atoms with E-state index >= 15 is 0 Å². The summed E-state index contributed by atoms with van der Waals surface area (Å²) in [5.74, 6) is -0.0244. The average molecular weight is 388 g/mol. The number of halogens is 1. The fourth-order valence-corrected chi connectivity index (χ4v) is 3.79. The smallest absolute Gasteiger partial charge is 0.251 e. The summed E-state index contributed by atoms with van der Waals surface area (Å²) in [6.45, 7) is 5.34. The van der Waals surface area contributed by atoms with Crippen molar-refractivity contribution in [2.24, 2.45) is 0 Å². The second kappa shape index (κ2) is 7.08. The lowest BCUT2D eigenvalue weighted by Crippen LogP contribution is -2.49. The van der Waals surface area contributed by atoms with E-state index in [0.717, 1.165) is 34.0 Å². The second-order valence-corrected chi connectivity index (χ2v) is 7.45. The van der Waals surface area contributed by atoms with Crippen molar-refractivity contribution in [3.05, 3.63) is 69.2 Å². The number of amides is 1. The van der Waals surface area contributed by atoms with Gasteiger partial charge in [0.05, 0.1) is 5.54 Å². The fourth-order valence-electron chi connectivity index (χ4n) is 3.39. The fraction of sp³-hybridized carbons (Fsp3) is 0.350. The summed E-state index contributed by atoms with van der Waals surface area (Å²) in [7, 11) is 0. The van der Waals surface area contributed by atoms with Crippen LogP contribution in [0.15, 0.2) is 46.9 Å². The lowest BCUT2D eigenvalue weighted by molar-refractivity contribution is 0.0345. The molecule has 1 fully saturated rings. The molecule has 1 aliphatic rings. The monoisotopic (exact) mass is 387 g/mol. The largest absolute Gasteiger partial charge is 0.381 e. The first kappa shape index (κ1) is 17.2. The first-order valence-corrected chi connectivity index (χ1v) is 9.02. The molecule has 1 heterocycles. The van der Waals surface area contributed by atoms with Crippen molar-refractivity contribution < 1.29 is 9.53 Å². The minimum absolute atomic E-state index is 0.0244. The zero-order valence-electron chi connectivity index (χ0n) is 14.1. The molecule has 1 N–H and O–H groups in total. The van der Waals surface area contributed by atoms with Gasteiger partial charge in [-0.05, 0) is 56.5 Å². The molecular weight excluding hydrogens is 366 g/mol. The Morgan fingerprint density at radius 1 is 1.08 bits per heavy atom. The molecule has 3 rings (SSSR count). The summed E-state index contributed by atoms with van der Waals surface area (Å²) in [5.41, 5.74) is 3.66. The number of carbonyl (C=O) groups is 1. The van der Waals surface area contributed by atoms with Crippen molar-refractivity contribution in [2.45, 2.75) is 32.2 Å². The SMILES string of the molecule is Cc1cc(C)cc(C(=O)NC2(c3cccc(Br)c3)CCOCC2)c1. The van der Waals surface area contributed by atoms with Crippen LogP contribution in [0, 0.1) is 13.8 Å². The van der Waals surface area contributed by atoms with E-state index < -0.39 is 0 Å². The zero-order chi connectivity index (χ0) is 17.2. The van der Waals surface area contributed by atoms with Gasteiger partial charge in [0.2, 0.25) is 0 Å². The van der Waals surface area contributed by atoms with Gasteiger partial charge in [-0.1, -0.05) is 45.3 Å². The molecule has 24 heavy (non-hydrogen) atoms. The molecule has 0 saturated carbocycles. The summed E-state index contributed by atoms with van der Waals surface area (Å²) in [6, 6.07) is 14.1. The normalized spacial score (nSPS) is 16.6. The summed E-state index contributed by atoms with van der Waals surface area (Å²) in [4.78, 5) is 12.9. The van der Waals surface area contributed by atoms with Crippen LogP contribution in [0.1, 0.15) is 39.9 Å². The van der Waals surface area contributed by atoms with E-state index in [1.165, 1.54) is 0 Å². The van der Waals surface area contributed by atoms with Crippen LogP contribution in [0.2, 0.25) is 0 Å². The first-order chi connectivity index (χ1) is 11.5. The van der Waals surface area contributed by atoms with Gasteiger partial charge in [-0.15, -0.1) is 0 Å². The Labute approximate surface area is 151 Å².